The predicted octanol–water partition coefficient (Wildman–Crippen LogP) is 4.22. The highest BCUT2D eigenvalue weighted by Gasteiger charge is 1.72. The van der Waals surface area contributed by atoms with E-state index < -0.39 is 0 Å². The van der Waals surface area contributed by atoms with Crippen LogP contribution < -0.4 is 0 Å². The summed E-state index contributed by atoms with van der Waals surface area (Å²) in [5.41, 5.74) is 0. The molecular weight excluding hydrogens is 224 g/mol. The summed E-state index contributed by atoms with van der Waals surface area (Å²) < 4.78 is 0. The van der Waals surface area contributed by atoms with Gasteiger partial charge in [-0.2, -0.15) is 13.5 Å². The van der Waals surface area contributed by atoms with Crippen molar-refractivity contribution in [2.24, 2.45) is 0 Å². The van der Waals surface area contributed by atoms with Crippen molar-refractivity contribution < 1.29 is 0 Å². The Hall–Kier alpha value is 1.00. The molecule has 4 heteroatoms. The normalized spacial score (nSPS) is 8.31. The molecule has 0 aliphatic carbocycles. The van der Waals surface area contributed by atoms with Crippen molar-refractivity contribution in [1.29, 1.82) is 0 Å². The van der Waals surface area contributed by atoms with Crippen molar-refractivity contribution in [3.63, 3.8) is 0 Å². The van der Waals surface area contributed by atoms with Crippen molar-refractivity contribution in [2.75, 3.05) is 0 Å². The van der Waals surface area contributed by atoms with Gasteiger partial charge in [-0.3, -0.25) is 0 Å². The van der Waals surface area contributed by atoms with Crippen LogP contribution in [0.5, 0.6) is 0 Å². The van der Waals surface area contributed by atoms with Gasteiger partial charge in [0.1, 0.15) is 0 Å². The lowest BCUT2D eigenvalue weighted by Crippen LogP contribution is -1.84. The molecule has 0 rings (SSSR count). The third-order valence-corrected chi connectivity index (χ3v) is 0. The lowest BCUT2D eigenvalue weighted by Gasteiger charge is -1.75. The summed E-state index contributed by atoms with van der Waals surface area (Å²) in [6.45, 7) is 20.4. The molecule has 0 aromatic carbocycles. The monoisotopic (exact) mass is 253 g/mol. The van der Waals surface area contributed by atoms with Crippen molar-refractivity contribution in [3.8, 4) is 0 Å². The number of hydrogen-bond donors (Lipinski definition) is 0. The van der Waals surface area contributed by atoms with E-state index in [9.17, 15) is 0 Å². The van der Waals surface area contributed by atoms with E-state index in [1.54, 1.807) is 0 Å². The summed E-state index contributed by atoms with van der Waals surface area (Å²) in [6, 6.07) is 0. The van der Waals surface area contributed by atoms with Gasteiger partial charge in [0.05, 0.1) is 0 Å². The average Bonchev–Trinajstić information content (AvgIpc) is 1.54. The zero-order chi connectivity index (χ0) is 10.7. The maximum atomic E-state index is 2.27. The van der Waals surface area contributed by atoms with E-state index >= 15 is 0 Å². The summed E-state index contributed by atoms with van der Waals surface area (Å²) in [5.74, 6) is 0. The molecule has 13 heavy (non-hydrogen) atoms. The largest absolute Gasteiger partial charge is 0.197 e. The summed E-state index contributed by atoms with van der Waals surface area (Å²) >= 11 is 0. The Balaban J connectivity index is -0.0000000450. The molecule has 0 nitrogen and oxygen atoms in total. The molecule has 83 valence electrons. The van der Waals surface area contributed by atoms with Gasteiger partial charge in [0.25, 0.3) is 0 Å². The van der Waals surface area contributed by atoms with Gasteiger partial charge < -0.3 is 0 Å². The first kappa shape index (κ1) is 23.7. The maximum Gasteiger partial charge on any atom is 0.0379 e. The summed E-state index contributed by atoms with van der Waals surface area (Å²) in [5, 5.41) is 0. The van der Waals surface area contributed by atoms with E-state index in [4.69, 9.17) is 0 Å². The second-order valence-electron chi connectivity index (χ2n) is 4.50. The second-order valence-corrected chi connectivity index (χ2v) is 13.5. The van der Waals surface area contributed by atoms with Gasteiger partial charge in [0, 0.05) is 26.4 Å². The molecule has 0 saturated carbocycles. The fourth-order valence-electron chi connectivity index (χ4n) is 0. The van der Waals surface area contributed by atoms with Gasteiger partial charge in [-0.05, 0) is 0 Å². The Bertz CT molecular complexity index is 43.4. The molecule has 0 aromatic heterocycles. The quantitative estimate of drug-likeness (QED) is 0.567. The Morgan fingerprint density at radius 2 is 0.385 bits per heavy atom. The number of rotatable bonds is 0. The summed E-state index contributed by atoms with van der Waals surface area (Å²) in [7, 11) is 0.361. The minimum absolute atomic E-state index is 0. The van der Waals surface area contributed by atoms with Gasteiger partial charge in [-0.15, -0.1) is 0 Å². The lowest BCUT2D eigenvalue weighted by molar-refractivity contribution is 1.91. The Morgan fingerprint density at radius 3 is 0.385 bits per heavy atom. The molecule has 0 unspecified atom stereocenters. The molecular formula is C9H29SSi3. The molecule has 0 aliphatic heterocycles. The SMILES string of the molecule is C[Si](C)C.C[Si](C)C.C[Si](C)C.S. The van der Waals surface area contributed by atoms with E-state index in [1.807, 2.05) is 0 Å². The third-order valence-electron chi connectivity index (χ3n) is 0. The molecule has 0 saturated heterocycles. The van der Waals surface area contributed by atoms with Crippen molar-refractivity contribution in [3.05, 3.63) is 0 Å². The first-order valence-corrected chi connectivity index (χ1v) is 13.5. The van der Waals surface area contributed by atoms with E-state index in [1.165, 1.54) is 0 Å². The molecule has 0 bridgehead atoms. The first-order chi connectivity index (χ1) is 5.20. The molecule has 3 radical (unpaired) electrons. The zero-order valence-electron chi connectivity index (χ0n) is 11.0. The Labute approximate surface area is 98.8 Å². The maximum absolute atomic E-state index is 2.27. The second kappa shape index (κ2) is 18.7. The van der Waals surface area contributed by atoms with Crippen LogP contribution in [0, 0.1) is 0 Å². The third kappa shape index (κ3) is 1570. The van der Waals surface area contributed by atoms with Crippen LogP contribution in [0.3, 0.4) is 0 Å². The summed E-state index contributed by atoms with van der Waals surface area (Å²) in [4.78, 5) is 0. The average molecular weight is 254 g/mol. The van der Waals surface area contributed by atoms with E-state index in [2.05, 4.69) is 58.9 Å². The van der Waals surface area contributed by atoms with Gasteiger partial charge in [0.2, 0.25) is 0 Å². The highest BCUT2D eigenvalue weighted by atomic mass is 32.1. The van der Waals surface area contributed by atoms with E-state index in [0.29, 0.717) is 0 Å². The minimum Gasteiger partial charge on any atom is -0.197 e. The molecule has 0 N–H and O–H groups in total. The van der Waals surface area contributed by atoms with Crippen LogP contribution in [0.15, 0.2) is 0 Å². The van der Waals surface area contributed by atoms with Crippen LogP contribution >= 0.6 is 13.5 Å². The topological polar surface area (TPSA) is 0 Å². The smallest absolute Gasteiger partial charge is 0.0379 e. The van der Waals surface area contributed by atoms with Crippen LogP contribution in [0.4, 0.5) is 0 Å². The highest BCUT2D eigenvalue weighted by molar-refractivity contribution is 7.59. The van der Waals surface area contributed by atoms with Crippen LogP contribution in [0.1, 0.15) is 0 Å². The molecule has 0 fully saturated rings. The highest BCUT2D eigenvalue weighted by Crippen LogP contribution is 1.68. The Kier molecular flexibility index (Phi) is 34.1. The van der Waals surface area contributed by atoms with Gasteiger partial charge in [-0.1, -0.05) is 58.9 Å². The predicted molar refractivity (Wildman–Crippen MR) is 80.4 cm³/mol. The minimum atomic E-state index is 0. The van der Waals surface area contributed by atoms with Crippen LogP contribution in [0.25, 0.3) is 0 Å². The fraction of sp³-hybridized carbons (Fsp3) is 1.00. The number of hydrogen-bond acceptors (Lipinski definition) is 0. The lowest BCUT2D eigenvalue weighted by atomic mass is 11.8. The zero-order valence-corrected chi connectivity index (χ0v) is 15.0. The Morgan fingerprint density at radius 1 is 0.385 bits per heavy atom. The van der Waals surface area contributed by atoms with Gasteiger partial charge in [-0.25, -0.2) is 0 Å². The van der Waals surface area contributed by atoms with Crippen LogP contribution in [-0.2, 0) is 0 Å². The first-order valence-electron chi connectivity index (χ1n) is 4.50. The standard InChI is InChI=1S/3C3H9Si.H2S/c3*1-4(2)3;/h3*1-3H3;1H2. The molecule has 0 aromatic rings. The molecule has 0 amide bonds. The van der Waals surface area contributed by atoms with E-state index in [-0.39, 0.29) is 39.9 Å². The molecule has 0 aliphatic rings. The summed E-state index contributed by atoms with van der Waals surface area (Å²) in [6.07, 6.45) is 0. The molecule has 0 heterocycles. The van der Waals surface area contributed by atoms with Gasteiger partial charge >= 0.3 is 0 Å². The van der Waals surface area contributed by atoms with Crippen molar-refractivity contribution >= 4 is 39.9 Å². The van der Waals surface area contributed by atoms with Crippen LogP contribution in [-0.4, -0.2) is 26.4 Å². The molecule has 0 atom stereocenters. The van der Waals surface area contributed by atoms with Crippen molar-refractivity contribution in [2.45, 2.75) is 58.9 Å². The van der Waals surface area contributed by atoms with E-state index in [0.717, 1.165) is 0 Å². The molecule has 0 spiro atoms. The van der Waals surface area contributed by atoms with Crippen LogP contribution in [0.2, 0.25) is 58.9 Å². The van der Waals surface area contributed by atoms with Crippen molar-refractivity contribution in [1.82, 2.24) is 0 Å². The van der Waals surface area contributed by atoms with Gasteiger partial charge in [0.15, 0.2) is 0 Å². The fourth-order valence-corrected chi connectivity index (χ4v) is 0.